The van der Waals surface area contributed by atoms with Gasteiger partial charge in [0.15, 0.2) is 36.8 Å². The lowest BCUT2D eigenvalue weighted by atomic mass is 9.91. The lowest BCUT2D eigenvalue weighted by molar-refractivity contribution is -0.340. The molecule has 0 spiro atoms. The van der Waals surface area contributed by atoms with Gasteiger partial charge in [-0.3, -0.25) is 28.8 Å². The summed E-state index contributed by atoms with van der Waals surface area (Å²) in [5.41, 5.74) is 0. The summed E-state index contributed by atoms with van der Waals surface area (Å²) in [6.45, 7) is 7.95. The molecule has 0 aromatic carbocycles. The first-order valence-corrected chi connectivity index (χ1v) is 14.7. The van der Waals surface area contributed by atoms with E-state index >= 15 is 0 Å². The zero-order chi connectivity index (χ0) is 33.8. The fourth-order valence-corrected chi connectivity index (χ4v) is 5.25. The van der Waals surface area contributed by atoms with E-state index in [1.807, 2.05) is 0 Å². The van der Waals surface area contributed by atoms with Crippen LogP contribution in [0.3, 0.4) is 0 Å². The molecule has 16 heteroatoms. The molecular formula is C29H44O16. The van der Waals surface area contributed by atoms with Crippen molar-refractivity contribution in [3.63, 3.8) is 0 Å². The number of rotatable bonds is 14. The molecule has 2 aliphatic rings. The predicted octanol–water partition coefficient (Wildman–Crippen LogP) is 0.658. The van der Waals surface area contributed by atoms with Crippen molar-refractivity contribution in [3.05, 3.63) is 0 Å². The van der Waals surface area contributed by atoms with E-state index in [-0.39, 0.29) is 19.6 Å². The molecule has 2 heterocycles. The number of ether oxygens (including phenoxy) is 9. The van der Waals surface area contributed by atoms with Gasteiger partial charge in [0, 0.05) is 48.1 Å². The number of carbonyl (C=O) groups is 6. The smallest absolute Gasteiger partial charge is 0.303 e. The van der Waals surface area contributed by atoms with Crippen molar-refractivity contribution in [1.29, 1.82) is 0 Å². The van der Waals surface area contributed by atoms with Gasteiger partial charge in [-0.2, -0.15) is 0 Å². The maximum atomic E-state index is 12.4. The van der Waals surface area contributed by atoms with Crippen LogP contribution < -0.4 is 0 Å². The molecule has 0 radical (unpaired) electrons. The largest absolute Gasteiger partial charge is 0.463 e. The highest BCUT2D eigenvalue weighted by molar-refractivity contribution is 5.69. The van der Waals surface area contributed by atoms with Gasteiger partial charge in [0.2, 0.25) is 0 Å². The molecule has 2 saturated heterocycles. The zero-order valence-electron chi connectivity index (χ0n) is 26.6. The van der Waals surface area contributed by atoms with Crippen molar-refractivity contribution in [2.45, 2.75) is 135 Å². The molecule has 0 aromatic rings. The van der Waals surface area contributed by atoms with E-state index in [1.54, 1.807) is 0 Å². The summed E-state index contributed by atoms with van der Waals surface area (Å²) < 4.78 is 51.2. The maximum absolute atomic E-state index is 12.4. The van der Waals surface area contributed by atoms with Gasteiger partial charge in [-0.05, 0) is 19.8 Å². The first-order chi connectivity index (χ1) is 21.1. The Hall–Kier alpha value is -3.34. The minimum atomic E-state index is -1.50. The predicted molar refractivity (Wildman–Crippen MR) is 148 cm³/mol. The van der Waals surface area contributed by atoms with Crippen molar-refractivity contribution in [1.82, 2.24) is 0 Å². The molecule has 256 valence electrons. The van der Waals surface area contributed by atoms with Gasteiger partial charge in [-0.15, -0.1) is 0 Å². The van der Waals surface area contributed by atoms with Gasteiger partial charge >= 0.3 is 35.8 Å². The number of hydrogen-bond donors (Lipinski definition) is 1. The van der Waals surface area contributed by atoms with E-state index in [2.05, 4.69) is 0 Å². The standard InChI is InChI=1S/C29H44O16/c1-14-23(39-16(3)32)26(41-18(5)34)28(43-20(7)36)29(38-14)45-24-21(11-9-8-10-12-30)44-22(13-37-15(2)31)25(40-17(4)33)27(24)42-19(6)35/h14,21-30H,8-13H2,1-7H3/t14?,21-,22?,23-,24?,25+,26?,27?,28?,29-/m0/s1. The van der Waals surface area contributed by atoms with Crippen LogP contribution in [0.5, 0.6) is 0 Å². The summed E-state index contributed by atoms with van der Waals surface area (Å²) >= 11 is 0. The SMILES string of the molecule is CC(=O)OCC1O[C@@H](CCCCCO)C(O[C@@H]2OC(C)[C@H](OC(C)=O)C(OC(C)=O)C2OC(C)=O)C(OC(C)=O)[C@@H]1OC(C)=O. The Balaban J connectivity index is 2.60. The highest BCUT2D eigenvalue weighted by Gasteiger charge is 2.56. The van der Waals surface area contributed by atoms with Gasteiger partial charge in [-0.25, -0.2) is 0 Å². The minimum absolute atomic E-state index is 0.0377. The zero-order valence-corrected chi connectivity index (χ0v) is 26.6. The Morgan fingerprint density at radius 2 is 1.04 bits per heavy atom. The van der Waals surface area contributed by atoms with E-state index in [1.165, 1.54) is 13.8 Å². The highest BCUT2D eigenvalue weighted by Crippen LogP contribution is 2.36. The number of unbranched alkanes of at least 4 members (excludes halogenated alkanes) is 2. The lowest BCUT2D eigenvalue weighted by Gasteiger charge is -2.48. The second-order valence-corrected chi connectivity index (χ2v) is 10.8. The maximum Gasteiger partial charge on any atom is 0.303 e. The Kier molecular flexibility index (Phi) is 15.1. The van der Waals surface area contributed by atoms with Crippen molar-refractivity contribution in [3.8, 4) is 0 Å². The first kappa shape index (κ1) is 37.8. The van der Waals surface area contributed by atoms with E-state index in [0.29, 0.717) is 19.3 Å². The van der Waals surface area contributed by atoms with Crippen LogP contribution in [0.4, 0.5) is 0 Å². The van der Waals surface area contributed by atoms with Gasteiger partial charge in [0.25, 0.3) is 0 Å². The summed E-state index contributed by atoms with van der Waals surface area (Å²) in [4.78, 5) is 72.4. The van der Waals surface area contributed by atoms with Crippen LogP contribution in [-0.2, 0) is 71.4 Å². The molecule has 0 aromatic heterocycles. The first-order valence-electron chi connectivity index (χ1n) is 14.7. The fourth-order valence-electron chi connectivity index (χ4n) is 5.25. The van der Waals surface area contributed by atoms with Gasteiger partial charge in [0.05, 0.1) is 12.2 Å². The van der Waals surface area contributed by atoms with Crippen LogP contribution in [0.1, 0.15) is 74.1 Å². The summed E-state index contributed by atoms with van der Waals surface area (Å²) in [5, 5.41) is 9.25. The summed E-state index contributed by atoms with van der Waals surface area (Å²) in [6.07, 6.45) is -10.6. The molecule has 16 nitrogen and oxygen atoms in total. The second kappa shape index (κ2) is 18.0. The molecule has 1 N–H and O–H groups in total. The van der Waals surface area contributed by atoms with Crippen LogP contribution in [-0.4, -0.2) is 115 Å². The molecule has 0 saturated carbocycles. The van der Waals surface area contributed by atoms with Gasteiger partial charge in [0.1, 0.15) is 18.8 Å². The molecule has 0 aliphatic carbocycles. The number of carbonyl (C=O) groups excluding carboxylic acids is 6. The average Bonchev–Trinajstić information content (AvgIpc) is 2.91. The third-order valence-electron chi connectivity index (χ3n) is 6.86. The van der Waals surface area contributed by atoms with Crippen molar-refractivity contribution < 1.29 is 76.5 Å². The molecule has 2 aliphatic heterocycles. The molecule has 0 amide bonds. The third-order valence-corrected chi connectivity index (χ3v) is 6.86. The molecule has 2 rings (SSSR count). The molecule has 6 unspecified atom stereocenters. The molecule has 2 fully saturated rings. The summed E-state index contributed by atoms with van der Waals surface area (Å²) in [5.74, 6) is -4.44. The average molecular weight is 649 g/mol. The van der Waals surface area contributed by atoms with Gasteiger partial charge < -0.3 is 47.7 Å². The van der Waals surface area contributed by atoms with Crippen molar-refractivity contribution >= 4 is 35.8 Å². The normalized spacial score (nSPS) is 31.2. The number of aliphatic hydroxyl groups excluding tert-OH is 1. The van der Waals surface area contributed by atoms with Crippen LogP contribution in [0.25, 0.3) is 0 Å². The lowest BCUT2D eigenvalue weighted by Crippen LogP contribution is -2.66. The van der Waals surface area contributed by atoms with E-state index in [0.717, 1.165) is 34.6 Å². The monoisotopic (exact) mass is 648 g/mol. The summed E-state index contributed by atoms with van der Waals surface area (Å²) in [6, 6.07) is 0. The highest BCUT2D eigenvalue weighted by atomic mass is 16.7. The Labute approximate surface area is 261 Å². The van der Waals surface area contributed by atoms with Crippen LogP contribution in [0.15, 0.2) is 0 Å². The second-order valence-electron chi connectivity index (χ2n) is 10.8. The number of esters is 6. The van der Waals surface area contributed by atoms with Crippen LogP contribution in [0.2, 0.25) is 0 Å². The summed E-state index contributed by atoms with van der Waals surface area (Å²) in [7, 11) is 0. The van der Waals surface area contributed by atoms with Crippen LogP contribution in [0, 0.1) is 0 Å². The van der Waals surface area contributed by atoms with Crippen molar-refractivity contribution in [2.24, 2.45) is 0 Å². The quantitative estimate of drug-likeness (QED) is 0.156. The number of hydrogen-bond acceptors (Lipinski definition) is 16. The third kappa shape index (κ3) is 11.8. The van der Waals surface area contributed by atoms with Gasteiger partial charge in [-0.1, -0.05) is 12.8 Å². The Morgan fingerprint density at radius 3 is 1.56 bits per heavy atom. The topological polar surface area (TPSA) is 206 Å². The molecule has 45 heavy (non-hydrogen) atoms. The minimum Gasteiger partial charge on any atom is -0.463 e. The van der Waals surface area contributed by atoms with E-state index in [4.69, 9.17) is 42.6 Å². The Morgan fingerprint density at radius 1 is 0.556 bits per heavy atom. The molecule has 0 bridgehead atoms. The van der Waals surface area contributed by atoms with Crippen molar-refractivity contribution in [2.75, 3.05) is 13.2 Å². The van der Waals surface area contributed by atoms with Crippen LogP contribution >= 0.6 is 0 Å². The number of aliphatic hydroxyl groups is 1. The fraction of sp³-hybridized carbons (Fsp3) is 0.793. The van der Waals surface area contributed by atoms with E-state index < -0.39 is 97.0 Å². The molecular weight excluding hydrogens is 604 g/mol. The Bertz CT molecular complexity index is 1050. The molecule has 10 atom stereocenters. The van der Waals surface area contributed by atoms with E-state index in [9.17, 15) is 33.9 Å².